The number of aromatic nitrogens is 2. The summed E-state index contributed by atoms with van der Waals surface area (Å²) in [5, 5.41) is 21.9. The van der Waals surface area contributed by atoms with Crippen LogP contribution in [-0.2, 0) is 12.8 Å². The molecule has 0 saturated carbocycles. The van der Waals surface area contributed by atoms with Crippen molar-refractivity contribution in [1.82, 2.24) is 10.1 Å². The third-order valence-electron chi connectivity index (χ3n) is 2.79. The Balaban J connectivity index is 2.04. The maximum absolute atomic E-state index is 9.51. The summed E-state index contributed by atoms with van der Waals surface area (Å²) in [5.74, 6) is 1.62. The third-order valence-corrected chi connectivity index (χ3v) is 2.79. The number of ether oxygens (including phenoxy) is 1. The first-order valence-electron chi connectivity index (χ1n) is 6.21. The lowest BCUT2D eigenvalue weighted by atomic mass is 10.1. The normalized spacial score (nSPS) is 11.8. The summed E-state index contributed by atoms with van der Waals surface area (Å²) >= 11 is 0. The number of aliphatic hydroxyl groups excluding tert-OH is 1. The molecule has 1 atom stereocenters. The van der Waals surface area contributed by atoms with Crippen LogP contribution in [0.1, 0.15) is 23.7 Å². The molecule has 0 aliphatic rings. The van der Waals surface area contributed by atoms with Gasteiger partial charge in [-0.2, -0.15) is 10.2 Å². The van der Waals surface area contributed by atoms with Crippen LogP contribution in [0.15, 0.2) is 28.8 Å². The number of nitriles is 1. The number of hydrogen-bond donors (Lipinski definition) is 1. The highest BCUT2D eigenvalue weighted by Crippen LogP contribution is 2.19. The van der Waals surface area contributed by atoms with Gasteiger partial charge in [0.25, 0.3) is 0 Å². The van der Waals surface area contributed by atoms with Crippen molar-refractivity contribution in [3.8, 4) is 11.8 Å². The molecule has 0 fully saturated rings. The van der Waals surface area contributed by atoms with Gasteiger partial charge in [0.15, 0.2) is 5.82 Å². The van der Waals surface area contributed by atoms with Crippen LogP contribution in [0.2, 0.25) is 0 Å². The van der Waals surface area contributed by atoms with Crippen molar-refractivity contribution in [3.05, 3.63) is 41.5 Å². The Hall–Kier alpha value is -2.39. The van der Waals surface area contributed by atoms with Crippen molar-refractivity contribution in [1.29, 1.82) is 5.26 Å². The highest BCUT2D eigenvalue weighted by atomic mass is 16.5. The standard InChI is InChI=1S/C14H15N3O3/c1-19-12-5-3-2-4-10(12)8-13-16-14(20-17-13)9-11(18)6-7-15/h2-5,11,18H,6,8-9H2,1H3. The average Bonchev–Trinajstić information content (AvgIpc) is 2.87. The van der Waals surface area contributed by atoms with Crippen LogP contribution in [-0.4, -0.2) is 28.5 Å². The molecule has 0 radical (unpaired) electrons. The first kappa shape index (κ1) is 14.0. The Bertz CT molecular complexity index is 604. The van der Waals surface area contributed by atoms with E-state index in [0.717, 1.165) is 11.3 Å². The SMILES string of the molecule is COc1ccccc1Cc1noc(CC(O)CC#N)n1. The van der Waals surface area contributed by atoms with Gasteiger partial charge in [-0.25, -0.2) is 0 Å². The lowest BCUT2D eigenvalue weighted by Gasteiger charge is -2.05. The second-order valence-corrected chi connectivity index (χ2v) is 4.31. The van der Waals surface area contributed by atoms with E-state index >= 15 is 0 Å². The molecule has 0 amide bonds. The van der Waals surface area contributed by atoms with E-state index in [-0.39, 0.29) is 12.8 Å². The second-order valence-electron chi connectivity index (χ2n) is 4.31. The van der Waals surface area contributed by atoms with Crippen LogP contribution >= 0.6 is 0 Å². The van der Waals surface area contributed by atoms with E-state index in [1.807, 2.05) is 30.3 Å². The molecule has 1 aromatic carbocycles. The predicted octanol–water partition coefficient (Wildman–Crippen LogP) is 1.49. The van der Waals surface area contributed by atoms with Gasteiger partial charge in [-0.1, -0.05) is 23.4 Å². The molecule has 6 heteroatoms. The molecule has 20 heavy (non-hydrogen) atoms. The molecule has 6 nitrogen and oxygen atoms in total. The maximum atomic E-state index is 9.51. The number of benzene rings is 1. The summed E-state index contributed by atoms with van der Waals surface area (Å²) in [6.45, 7) is 0. The number of para-hydroxylation sites is 1. The Kier molecular flexibility index (Phi) is 4.69. The zero-order valence-electron chi connectivity index (χ0n) is 11.1. The number of hydrogen-bond acceptors (Lipinski definition) is 6. The van der Waals surface area contributed by atoms with Crippen molar-refractivity contribution in [2.75, 3.05) is 7.11 Å². The minimum atomic E-state index is -0.778. The minimum absolute atomic E-state index is 0.0459. The van der Waals surface area contributed by atoms with Gasteiger partial charge in [0.2, 0.25) is 5.89 Å². The molecule has 1 heterocycles. The van der Waals surface area contributed by atoms with Gasteiger partial charge < -0.3 is 14.4 Å². The second kappa shape index (κ2) is 6.68. The van der Waals surface area contributed by atoms with Crippen molar-refractivity contribution in [2.45, 2.75) is 25.4 Å². The van der Waals surface area contributed by atoms with Crippen molar-refractivity contribution in [3.63, 3.8) is 0 Å². The van der Waals surface area contributed by atoms with Crippen LogP contribution in [0.25, 0.3) is 0 Å². The fraction of sp³-hybridized carbons (Fsp3) is 0.357. The lowest BCUT2D eigenvalue weighted by Crippen LogP contribution is -2.09. The van der Waals surface area contributed by atoms with Crippen LogP contribution in [0.4, 0.5) is 0 Å². The number of rotatable bonds is 6. The number of methoxy groups -OCH3 is 1. The largest absolute Gasteiger partial charge is 0.496 e. The Morgan fingerprint density at radius 3 is 3.00 bits per heavy atom. The maximum Gasteiger partial charge on any atom is 0.229 e. The fourth-order valence-electron chi connectivity index (χ4n) is 1.84. The summed E-state index contributed by atoms with van der Waals surface area (Å²) in [4.78, 5) is 4.20. The Morgan fingerprint density at radius 1 is 1.45 bits per heavy atom. The van der Waals surface area contributed by atoms with Crippen LogP contribution < -0.4 is 4.74 Å². The molecule has 0 aliphatic heterocycles. The van der Waals surface area contributed by atoms with Gasteiger partial charge in [-0.05, 0) is 6.07 Å². The summed E-state index contributed by atoms with van der Waals surface area (Å²) in [6, 6.07) is 9.49. The van der Waals surface area contributed by atoms with E-state index in [1.165, 1.54) is 0 Å². The molecule has 104 valence electrons. The van der Waals surface area contributed by atoms with E-state index in [1.54, 1.807) is 7.11 Å². The van der Waals surface area contributed by atoms with Crippen molar-refractivity contribution >= 4 is 0 Å². The zero-order valence-corrected chi connectivity index (χ0v) is 11.1. The smallest absolute Gasteiger partial charge is 0.229 e. The van der Waals surface area contributed by atoms with Crippen LogP contribution in [0, 0.1) is 11.3 Å². The van der Waals surface area contributed by atoms with Crippen LogP contribution in [0.3, 0.4) is 0 Å². The van der Waals surface area contributed by atoms with Gasteiger partial charge in [-0.3, -0.25) is 0 Å². The molecular formula is C14H15N3O3. The van der Waals surface area contributed by atoms with E-state index in [4.69, 9.17) is 14.5 Å². The predicted molar refractivity (Wildman–Crippen MR) is 70.0 cm³/mol. The lowest BCUT2D eigenvalue weighted by molar-refractivity contribution is 0.167. The molecule has 0 bridgehead atoms. The first-order chi connectivity index (χ1) is 9.72. The molecule has 1 unspecified atom stereocenters. The Labute approximate surface area is 116 Å². The summed E-state index contributed by atoms with van der Waals surface area (Å²) < 4.78 is 10.3. The molecule has 2 aromatic rings. The van der Waals surface area contributed by atoms with Crippen molar-refractivity contribution < 1.29 is 14.4 Å². The number of nitrogens with zero attached hydrogens (tertiary/aromatic N) is 3. The average molecular weight is 273 g/mol. The summed E-state index contributed by atoms with van der Waals surface area (Å²) in [7, 11) is 1.61. The van der Waals surface area contributed by atoms with Crippen molar-refractivity contribution in [2.24, 2.45) is 0 Å². The van der Waals surface area contributed by atoms with Gasteiger partial charge in [0.05, 0.1) is 32.1 Å². The van der Waals surface area contributed by atoms with Gasteiger partial charge in [0.1, 0.15) is 5.75 Å². The molecule has 0 saturated heterocycles. The molecule has 0 aliphatic carbocycles. The molecular weight excluding hydrogens is 258 g/mol. The third kappa shape index (κ3) is 3.56. The van der Waals surface area contributed by atoms with E-state index in [0.29, 0.717) is 18.1 Å². The van der Waals surface area contributed by atoms with Gasteiger partial charge in [0, 0.05) is 12.0 Å². The first-order valence-corrected chi connectivity index (χ1v) is 6.21. The fourth-order valence-corrected chi connectivity index (χ4v) is 1.84. The minimum Gasteiger partial charge on any atom is -0.496 e. The quantitative estimate of drug-likeness (QED) is 0.857. The zero-order chi connectivity index (χ0) is 14.4. The van der Waals surface area contributed by atoms with Crippen LogP contribution in [0.5, 0.6) is 5.75 Å². The highest BCUT2D eigenvalue weighted by Gasteiger charge is 2.13. The Morgan fingerprint density at radius 2 is 2.25 bits per heavy atom. The molecule has 1 aromatic heterocycles. The van der Waals surface area contributed by atoms with E-state index in [9.17, 15) is 5.11 Å². The topological polar surface area (TPSA) is 92.2 Å². The summed E-state index contributed by atoms with van der Waals surface area (Å²) in [6.07, 6.45) is -0.0574. The molecule has 0 spiro atoms. The van der Waals surface area contributed by atoms with E-state index < -0.39 is 6.10 Å². The molecule has 1 N–H and O–H groups in total. The van der Waals surface area contributed by atoms with E-state index in [2.05, 4.69) is 10.1 Å². The summed E-state index contributed by atoms with van der Waals surface area (Å²) in [5.41, 5.74) is 0.958. The monoisotopic (exact) mass is 273 g/mol. The van der Waals surface area contributed by atoms with Gasteiger partial charge in [-0.15, -0.1) is 0 Å². The van der Waals surface area contributed by atoms with Gasteiger partial charge >= 0.3 is 0 Å². The molecule has 2 rings (SSSR count). The number of aliphatic hydroxyl groups is 1. The highest BCUT2D eigenvalue weighted by molar-refractivity contribution is 5.35.